The van der Waals surface area contributed by atoms with Gasteiger partial charge in [-0.2, -0.15) is 0 Å². The van der Waals surface area contributed by atoms with E-state index in [-0.39, 0.29) is 12.0 Å². The summed E-state index contributed by atoms with van der Waals surface area (Å²) in [4.78, 5) is 23.1. The summed E-state index contributed by atoms with van der Waals surface area (Å²) in [6.45, 7) is 2.38. The summed E-state index contributed by atoms with van der Waals surface area (Å²) in [7, 11) is 1.36. The van der Waals surface area contributed by atoms with Gasteiger partial charge < -0.3 is 15.4 Å². The molecule has 0 bridgehead atoms. The van der Waals surface area contributed by atoms with Crippen molar-refractivity contribution in [1.82, 2.24) is 5.32 Å². The number of aryl methyl sites for hydroxylation is 1. The lowest BCUT2D eigenvalue weighted by Crippen LogP contribution is -2.30. The Morgan fingerprint density at radius 1 is 1.12 bits per heavy atom. The van der Waals surface area contributed by atoms with Gasteiger partial charge in [0.2, 0.25) is 0 Å². The van der Waals surface area contributed by atoms with Gasteiger partial charge in [-0.15, -0.1) is 11.6 Å². The molecule has 0 unspecified atom stereocenters. The van der Waals surface area contributed by atoms with E-state index in [2.05, 4.69) is 10.6 Å². The average molecular weight is 347 g/mol. The normalized spacial score (nSPS) is 10.1. The van der Waals surface area contributed by atoms with E-state index in [0.717, 1.165) is 16.7 Å². The fourth-order valence-electron chi connectivity index (χ4n) is 2.31. The molecule has 2 rings (SSSR count). The molecule has 0 aromatic heterocycles. The van der Waals surface area contributed by atoms with Crippen molar-refractivity contribution < 1.29 is 14.3 Å². The van der Waals surface area contributed by atoms with Gasteiger partial charge in [-0.3, -0.25) is 0 Å². The van der Waals surface area contributed by atoms with E-state index in [9.17, 15) is 9.59 Å². The van der Waals surface area contributed by atoms with Crippen molar-refractivity contribution in [2.75, 3.05) is 24.9 Å². The molecular weight excluding hydrogens is 328 g/mol. The maximum atomic E-state index is 11.6. The molecule has 6 heteroatoms. The molecule has 0 fully saturated rings. The molecule has 0 radical (unpaired) electrons. The number of benzene rings is 2. The van der Waals surface area contributed by atoms with Crippen molar-refractivity contribution in [1.29, 1.82) is 0 Å². The molecule has 2 N–H and O–H groups in total. The van der Waals surface area contributed by atoms with Crippen LogP contribution in [0, 0.1) is 6.92 Å². The van der Waals surface area contributed by atoms with Gasteiger partial charge in [0.15, 0.2) is 0 Å². The molecule has 2 amide bonds. The summed E-state index contributed by atoms with van der Waals surface area (Å²) in [6.07, 6.45) is 0. The lowest BCUT2D eigenvalue weighted by Gasteiger charge is -2.11. The van der Waals surface area contributed by atoms with E-state index in [4.69, 9.17) is 16.3 Å². The standard InChI is InChI=1S/C18H19ClN2O3/c1-12-11-15(21-18(23)20-10-9-19)7-8-16(12)13-3-5-14(6-4-13)17(22)24-2/h3-8,11H,9-10H2,1-2H3,(H2,20,21,23). The molecule has 0 spiro atoms. The van der Waals surface area contributed by atoms with Gasteiger partial charge in [0.25, 0.3) is 0 Å². The zero-order valence-electron chi connectivity index (χ0n) is 13.6. The minimum absolute atomic E-state index is 0.287. The third kappa shape index (κ3) is 4.49. The molecule has 24 heavy (non-hydrogen) atoms. The third-order valence-corrected chi connectivity index (χ3v) is 3.67. The molecule has 0 saturated carbocycles. The fourth-order valence-corrected chi connectivity index (χ4v) is 2.40. The molecule has 0 aliphatic rings. The van der Waals surface area contributed by atoms with E-state index in [1.165, 1.54) is 7.11 Å². The number of nitrogens with one attached hydrogen (secondary N) is 2. The number of amides is 2. The van der Waals surface area contributed by atoms with Crippen molar-refractivity contribution in [3.05, 3.63) is 53.6 Å². The van der Waals surface area contributed by atoms with E-state index >= 15 is 0 Å². The Labute approximate surface area is 146 Å². The average Bonchev–Trinajstić information content (AvgIpc) is 2.59. The van der Waals surface area contributed by atoms with Crippen LogP contribution >= 0.6 is 11.6 Å². The predicted octanol–water partition coefficient (Wildman–Crippen LogP) is 3.81. The largest absolute Gasteiger partial charge is 0.465 e. The number of urea groups is 1. The number of hydrogen-bond donors (Lipinski definition) is 2. The zero-order chi connectivity index (χ0) is 17.5. The Balaban J connectivity index is 2.14. The Hall–Kier alpha value is -2.53. The summed E-state index contributed by atoms with van der Waals surface area (Å²) in [6, 6.07) is 12.6. The Morgan fingerprint density at radius 3 is 2.42 bits per heavy atom. The summed E-state index contributed by atoms with van der Waals surface area (Å²) in [5.74, 6) is 0.00762. The molecule has 126 valence electrons. The zero-order valence-corrected chi connectivity index (χ0v) is 14.3. The monoisotopic (exact) mass is 346 g/mol. The highest BCUT2D eigenvalue weighted by molar-refractivity contribution is 6.18. The van der Waals surface area contributed by atoms with Gasteiger partial charge in [0.1, 0.15) is 0 Å². The number of alkyl halides is 1. The SMILES string of the molecule is COC(=O)c1ccc(-c2ccc(NC(=O)NCCCl)cc2C)cc1. The quantitative estimate of drug-likeness (QED) is 0.639. The molecule has 0 atom stereocenters. The first-order chi connectivity index (χ1) is 11.5. The van der Waals surface area contributed by atoms with Gasteiger partial charge in [0, 0.05) is 18.1 Å². The molecular formula is C18H19ClN2O3. The second-order valence-corrected chi connectivity index (χ2v) is 5.55. The number of hydrogen-bond acceptors (Lipinski definition) is 3. The molecule has 2 aromatic rings. The van der Waals surface area contributed by atoms with Gasteiger partial charge in [0.05, 0.1) is 12.7 Å². The predicted molar refractivity (Wildman–Crippen MR) is 95.7 cm³/mol. The van der Waals surface area contributed by atoms with Crippen LogP contribution in [0.1, 0.15) is 15.9 Å². The van der Waals surface area contributed by atoms with Crippen LogP contribution in [0.2, 0.25) is 0 Å². The number of carbonyl (C=O) groups is 2. The molecule has 5 nitrogen and oxygen atoms in total. The van der Waals surface area contributed by atoms with Crippen molar-refractivity contribution in [2.24, 2.45) is 0 Å². The number of methoxy groups -OCH3 is 1. The highest BCUT2D eigenvalue weighted by Gasteiger charge is 2.08. The van der Waals surface area contributed by atoms with Crippen LogP contribution < -0.4 is 10.6 Å². The molecule has 0 heterocycles. The lowest BCUT2D eigenvalue weighted by molar-refractivity contribution is 0.0600. The highest BCUT2D eigenvalue weighted by atomic mass is 35.5. The summed E-state index contributed by atoms with van der Waals surface area (Å²) in [5.41, 5.74) is 4.23. The Bertz CT molecular complexity index is 730. The van der Waals surface area contributed by atoms with Crippen molar-refractivity contribution in [3.8, 4) is 11.1 Å². The second-order valence-electron chi connectivity index (χ2n) is 5.17. The molecule has 2 aromatic carbocycles. The molecule has 0 aliphatic carbocycles. The second kappa shape index (κ2) is 8.36. The molecule has 0 saturated heterocycles. The number of anilines is 1. The van der Waals surface area contributed by atoms with E-state index in [1.54, 1.807) is 12.1 Å². The summed E-state index contributed by atoms with van der Waals surface area (Å²) >= 11 is 5.53. The number of halogens is 1. The van der Waals surface area contributed by atoms with E-state index in [1.807, 2.05) is 37.3 Å². The molecule has 0 aliphatic heterocycles. The minimum atomic E-state index is -0.360. The topological polar surface area (TPSA) is 67.4 Å². The first-order valence-electron chi connectivity index (χ1n) is 7.45. The number of esters is 1. The van der Waals surface area contributed by atoms with Crippen LogP contribution in [0.25, 0.3) is 11.1 Å². The number of carbonyl (C=O) groups excluding carboxylic acids is 2. The smallest absolute Gasteiger partial charge is 0.337 e. The van der Waals surface area contributed by atoms with Crippen molar-refractivity contribution >= 4 is 29.3 Å². The van der Waals surface area contributed by atoms with Crippen molar-refractivity contribution in [3.63, 3.8) is 0 Å². The van der Waals surface area contributed by atoms with Gasteiger partial charge in [-0.25, -0.2) is 9.59 Å². The van der Waals surface area contributed by atoms with E-state index in [0.29, 0.717) is 23.7 Å². The Kier molecular flexibility index (Phi) is 6.21. The van der Waals surface area contributed by atoms with Crippen LogP contribution in [0.4, 0.5) is 10.5 Å². The first-order valence-corrected chi connectivity index (χ1v) is 7.99. The maximum Gasteiger partial charge on any atom is 0.337 e. The van der Waals surface area contributed by atoms with Gasteiger partial charge >= 0.3 is 12.0 Å². The van der Waals surface area contributed by atoms with Crippen LogP contribution in [0.15, 0.2) is 42.5 Å². The van der Waals surface area contributed by atoms with Crippen LogP contribution in [-0.4, -0.2) is 31.5 Å². The van der Waals surface area contributed by atoms with E-state index < -0.39 is 0 Å². The highest BCUT2D eigenvalue weighted by Crippen LogP contribution is 2.26. The summed E-state index contributed by atoms with van der Waals surface area (Å²) in [5, 5.41) is 5.40. The number of rotatable bonds is 5. The van der Waals surface area contributed by atoms with Gasteiger partial charge in [-0.1, -0.05) is 18.2 Å². The van der Waals surface area contributed by atoms with Crippen LogP contribution in [-0.2, 0) is 4.74 Å². The number of ether oxygens (including phenoxy) is 1. The van der Waals surface area contributed by atoms with Crippen LogP contribution in [0.3, 0.4) is 0 Å². The summed E-state index contributed by atoms with van der Waals surface area (Å²) < 4.78 is 4.69. The third-order valence-electron chi connectivity index (χ3n) is 3.48. The van der Waals surface area contributed by atoms with Crippen molar-refractivity contribution in [2.45, 2.75) is 6.92 Å². The fraction of sp³-hybridized carbons (Fsp3) is 0.222. The van der Waals surface area contributed by atoms with Gasteiger partial charge in [-0.05, 0) is 47.9 Å². The minimum Gasteiger partial charge on any atom is -0.465 e. The lowest BCUT2D eigenvalue weighted by atomic mass is 9.99. The first kappa shape index (κ1) is 17.8. The maximum absolute atomic E-state index is 11.6. The Morgan fingerprint density at radius 2 is 1.83 bits per heavy atom. The van der Waals surface area contributed by atoms with Crippen LogP contribution in [0.5, 0.6) is 0 Å².